The van der Waals surface area contributed by atoms with Crippen molar-refractivity contribution in [2.75, 3.05) is 13.3 Å². The molecule has 0 saturated heterocycles. The van der Waals surface area contributed by atoms with Gasteiger partial charge in [-0.1, -0.05) is 60.7 Å². The van der Waals surface area contributed by atoms with Crippen molar-refractivity contribution in [2.24, 2.45) is 0 Å². The van der Waals surface area contributed by atoms with Crippen LogP contribution in [-0.4, -0.2) is 40.8 Å². The summed E-state index contributed by atoms with van der Waals surface area (Å²) in [5.41, 5.74) is 0.487. The third kappa shape index (κ3) is 3.92. The molecule has 1 heterocycles. The Morgan fingerprint density at radius 1 is 1.11 bits per heavy atom. The van der Waals surface area contributed by atoms with Crippen LogP contribution in [0.3, 0.4) is 0 Å². The lowest BCUT2D eigenvalue weighted by molar-refractivity contribution is -0.167. The van der Waals surface area contributed by atoms with Crippen LogP contribution in [-0.2, 0) is 25.7 Å². The van der Waals surface area contributed by atoms with E-state index in [0.717, 1.165) is 5.56 Å². The van der Waals surface area contributed by atoms with Gasteiger partial charge in [-0.25, -0.2) is 4.79 Å². The lowest BCUT2D eigenvalue weighted by Crippen LogP contribution is -2.56. The summed E-state index contributed by atoms with van der Waals surface area (Å²) in [4.78, 5) is 27.3. The SMILES string of the molecule is CC(C)(C(=O)OCc1ccccc1)N1COC(CO)=C(c2ccccc2)C1=O. The molecular formula is C22H23NO5. The average Bonchev–Trinajstić information content (AvgIpc) is 2.72. The van der Waals surface area contributed by atoms with Crippen LogP contribution in [0.25, 0.3) is 5.57 Å². The average molecular weight is 381 g/mol. The van der Waals surface area contributed by atoms with Crippen LogP contribution in [0.4, 0.5) is 0 Å². The second kappa shape index (κ2) is 8.27. The Morgan fingerprint density at radius 3 is 2.32 bits per heavy atom. The van der Waals surface area contributed by atoms with Crippen molar-refractivity contribution in [3.8, 4) is 0 Å². The fourth-order valence-corrected chi connectivity index (χ4v) is 2.97. The molecule has 0 atom stereocenters. The molecule has 1 amide bonds. The number of carbonyl (C=O) groups excluding carboxylic acids is 2. The first-order chi connectivity index (χ1) is 13.4. The number of aliphatic hydroxyl groups is 1. The van der Waals surface area contributed by atoms with E-state index in [1.807, 2.05) is 36.4 Å². The van der Waals surface area contributed by atoms with Gasteiger partial charge in [0.15, 0.2) is 6.73 Å². The molecule has 0 aromatic heterocycles. The lowest BCUT2D eigenvalue weighted by atomic mass is 9.97. The summed E-state index contributed by atoms with van der Waals surface area (Å²) in [5, 5.41) is 9.60. The Labute approximate surface area is 164 Å². The van der Waals surface area contributed by atoms with Gasteiger partial charge in [0.2, 0.25) is 0 Å². The van der Waals surface area contributed by atoms with Gasteiger partial charge in [0.1, 0.15) is 24.5 Å². The molecule has 0 bridgehead atoms. The van der Waals surface area contributed by atoms with E-state index in [1.165, 1.54) is 4.90 Å². The van der Waals surface area contributed by atoms with E-state index in [-0.39, 0.29) is 30.6 Å². The number of rotatable bonds is 6. The van der Waals surface area contributed by atoms with E-state index >= 15 is 0 Å². The van der Waals surface area contributed by atoms with Crippen molar-refractivity contribution in [2.45, 2.75) is 26.0 Å². The maximum Gasteiger partial charge on any atom is 0.331 e. The van der Waals surface area contributed by atoms with Crippen molar-refractivity contribution in [3.05, 3.63) is 77.5 Å². The molecule has 6 nitrogen and oxygen atoms in total. The third-order valence-electron chi connectivity index (χ3n) is 4.70. The fourth-order valence-electron chi connectivity index (χ4n) is 2.97. The Kier molecular flexibility index (Phi) is 5.80. The van der Waals surface area contributed by atoms with Crippen molar-refractivity contribution in [3.63, 3.8) is 0 Å². The normalized spacial score (nSPS) is 14.7. The second-order valence-electron chi connectivity index (χ2n) is 6.95. The summed E-state index contributed by atoms with van der Waals surface area (Å²) in [6.45, 7) is 2.82. The van der Waals surface area contributed by atoms with Crippen LogP contribution in [0.2, 0.25) is 0 Å². The summed E-state index contributed by atoms with van der Waals surface area (Å²) < 4.78 is 11.0. The summed E-state index contributed by atoms with van der Waals surface area (Å²) >= 11 is 0. The molecule has 146 valence electrons. The maximum atomic E-state index is 13.2. The molecule has 2 aromatic carbocycles. The number of hydrogen-bond donors (Lipinski definition) is 1. The molecule has 2 aromatic rings. The van der Waals surface area contributed by atoms with Gasteiger partial charge in [-0.05, 0) is 25.0 Å². The number of ether oxygens (including phenoxy) is 2. The minimum atomic E-state index is -1.24. The molecule has 0 unspecified atom stereocenters. The highest BCUT2D eigenvalue weighted by atomic mass is 16.5. The van der Waals surface area contributed by atoms with Crippen LogP contribution in [0.5, 0.6) is 0 Å². The molecule has 1 N–H and O–H groups in total. The molecule has 0 fully saturated rings. The highest BCUT2D eigenvalue weighted by molar-refractivity contribution is 6.21. The zero-order chi connectivity index (χ0) is 20.1. The molecule has 28 heavy (non-hydrogen) atoms. The number of carbonyl (C=O) groups is 2. The third-order valence-corrected chi connectivity index (χ3v) is 4.70. The second-order valence-corrected chi connectivity index (χ2v) is 6.95. The first kappa shape index (κ1) is 19.6. The van der Waals surface area contributed by atoms with Crippen LogP contribution in [0.15, 0.2) is 66.4 Å². The van der Waals surface area contributed by atoms with Gasteiger partial charge in [0.05, 0.1) is 5.57 Å². The number of benzene rings is 2. The quantitative estimate of drug-likeness (QED) is 0.779. The predicted molar refractivity (Wildman–Crippen MR) is 104 cm³/mol. The standard InChI is InChI=1S/C22H23NO5/c1-22(2,21(26)27-14-16-9-5-3-6-10-16)23-15-28-18(13-24)19(20(23)25)17-11-7-4-8-12-17/h3-12,24H,13-15H2,1-2H3. The maximum absolute atomic E-state index is 13.2. The first-order valence-corrected chi connectivity index (χ1v) is 9.00. The van der Waals surface area contributed by atoms with E-state index in [0.29, 0.717) is 5.56 Å². The summed E-state index contributed by atoms with van der Waals surface area (Å²) in [5.74, 6) is -0.725. The van der Waals surface area contributed by atoms with Crippen LogP contribution >= 0.6 is 0 Å². The minimum Gasteiger partial charge on any atom is -0.474 e. The smallest absolute Gasteiger partial charge is 0.331 e. The summed E-state index contributed by atoms with van der Waals surface area (Å²) in [6, 6.07) is 18.3. The summed E-state index contributed by atoms with van der Waals surface area (Å²) in [7, 11) is 0. The van der Waals surface area contributed by atoms with E-state index in [4.69, 9.17) is 9.47 Å². The highest BCUT2D eigenvalue weighted by Gasteiger charge is 2.43. The van der Waals surface area contributed by atoms with Crippen LogP contribution in [0.1, 0.15) is 25.0 Å². The Bertz CT molecular complexity index is 874. The Hall–Kier alpha value is -3.12. The number of aliphatic hydroxyl groups excluding tert-OH is 1. The molecule has 3 rings (SSSR count). The van der Waals surface area contributed by atoms with Crippen molar-refractivity contribution < 1.29 is 24.2 Å². The number of amides is 1. The van der Waals surface area contributed by atoms with Gasteiger partial charge >= 0.3 is 5.97 Å². The summed E-state index contributed by atoms with van der Waals surface area (Å²) in [6.07, 6.45) is 0. The molecule has 0 saturated carbocycles. The van der Waals surface area contributed by atoms with Crippen LogP contribution < -0.4 is 0 Å². The van der Waals surface area contributed by atoms with E-state index < -0.39 is 18.1 Å². The number of hydrogen-bond acceptors (Lipinski definition) is 5. The van der Waals surface area contributed by atoms with Crippen LogP contribution in [0, 0.1) is 0 Å². The van der Waals surface area contributed by atoms with Gasteiger partial charge in [-0.15, -0.1) is 0 Å². The number of esters is 1. The van der Waals surface area contributed by atoms with E-state index in [1.54, 1.807) is 38.1 Å². The van der Waals surface area contributed by atoms with Crippen molar-refractivity contribution >= 4 is 17.4 Å². The zero-order valence-corrected chi connectivity index (χ0v) is 15.9. The Balaban J connectivity index is 1.81. The molecular weight excluding hydrogens is 358 g/mol. The molecule has 0 radical (unpaired) electrons. The first-order valence-electron chi connectivity index (χ1n) is 9.00. The monoisotopic (exact) mass is 381 g/mol. The van der Waals surface area contributed by atoms with Crippen molar-refractivity contribution in [1.82, 2.24) is 4.90 Å². The lowest BCUT2D eigenvalue weighted by Gasteiger charge is -2.39. The van der Waals surface area contributed by atoms with Gasteiger partial charge < -0.3 is 14.6 Å². The molecule has 0 aliphatic carbocycles. The molecule has 1 aliphatic rings. The van der Waals surface area contributed by atoms with Gasteiger partial charge in [-0.2, -0.15) is 0 Å². The molecule has 0 spiro atoms. The van der Waals surface area contributed by atoms with Gasteiger partial charge in [0.25, 0.3) is 5.91 Å². The topological polar surface area (TPSA) is 76.1 Å². The van der Waals surface area contributed by atoms with Gasteiger partial charge in [-0.3, -0.25) is 9.69 Å². The predicted octanol–water partition coefficient (Wildman–Crippen LogP) is 2.73. The largest absolute Gasteiger partial charge is 0.474 e. The minimum absolute atomic E-state index is 0.120. The molecule has 6 heteroatoms. The van der Waals surface area contributed by atoms with Gasteiger partial charge in [0, 0.05) is 0 Å². The van der Waals surface area contributed by atoms with E-state index in [2.05, 4.69) is 0 Å². The fraction of sp³-hybridized carbons (Fsp3) is 0.273. The van der Waals surface area contributed by atoms with Crippen molar-refractivity contribution in [1.29, 1.82) is 0 Å². The number of nitrogens with zero attached hydrogens (tertiary/aromatic N) is 1. The highest BCUT2D eigenvalue weighted by Crippen LogP contribution is 2.31. The Morgan fingerprint density at radius 2 is 1.71 bits per heavy atom. The molecule has 1 aliphatic heterocycles. The zero-order valence-electron chi connectivity index (χ0n) is 15.9. The van der Waals surface area contributed by atoms with E-state index in [9.17, 15) is 14.7 Å².